The lowest BCUT2D eigenvalue weighted by atomic mass is 9.72. The van der Waals surface area contributed by atoms with Crippen molar-refractivity contribution in [1.29, 1.82) is 0 Å². The molecule has 0 radical (unpaired) electrons. The third-order valence-electron chi connectivity index (χ3n) is 5.84. The van der Waals surface area contributed by atoms with E-state index in [0.717, 1.165) is 4.88 Å². The summed E-state index contributed by atoms with van der Waals surface area (Å²) in [6.07, 6.45) is 2.42. The van der Waals surface area contributed by atoms with E-state index in [9.17, 15) is 4.79 Å². The molecule has 3 saturated heterocycles. The number of hydrogen-bond acceptors (Lipinski definition) is 3. The van der Waals surface area contributed by atoms with Crippen molar-refractivity contribution in [1.82, 2.24) is 10.2 Å². The first-order valence-electron chi connectivity index (χ1n) is 8.52. The number of piperidine rings is 3. The minimum atomic E-state index is 0. The van der Waals surface area contributed by atoms with Crippen LogP contribution in [0, 0.1) is 12.8 Å². The van der Waals surface area contributed by atoms with Crippen molar-refractivity contribution in [3.8, 4) is 0 Å². The molecule has 1 amide bonds. The first kappa shape index (κ1) is 17.7. The molecule has 3 fully saturated rings. The topological polar surface area (TPSA) is 32.3 Å². The van der Waals surface area contributed by atoms with Crippen LogP contribution in [-0.2, 0) is 0 Å². The zero-order valence-corrected chi connectivity index (χ0v) is 16.1. The fourth-order valence-corrected chi connectivity index (χ4v) is 5.44. The molecule has 0 spiro atoms. The van der Waals surface area contributed by atoms with E-state index in [-0.39, 0.29) is 29.9 Å². The Labute approximate surface area is 153 Å². The maximum atomic E-state index is 12.8. The van der Waals surface area contributed by atoms with Crippen LogP contribution in [0.4, 0.5) is 0 Å². The number of amides is 1. The molecule has 24 heavy (non-hydrogen) atoms. The molecule has 1 aromatic heterocycles. The highest BCUT2D eigenvalue weighted by Gasteiger charge is 2.48. The van der Waals surface area contributed by atoms with Gasteiger partial charge < -0.3 is 5.32 Å². The first-order chi connectivity index (χ1) is 11.0. The van der Waals surface area contributed by atoms with Crippen molar-refractivity contribution in [3.63, 3.8) is 0 Å². The van der Waals surface area contributed by atoms with E-state index in [4.69, 9.17) is 0 Å². The lowest BCUT2D eigenvalue weighted by molar-refractivity contribution is -0.0377. The van der Waals surface area contributed by atoms with Gasteiger partial charge in [-0.2, -0.15) is 0 Å². The Morgan fingerprint density at radius 3 is 2.62 bits per heavy atom. The second-order valence-electron chi connectivity index (χ2n) is 7.53. The third-order valence-corrected chi connectivity index (χ3v) is 7.12. The summed E-state index contributed by atoms with van der Waals surface area (Å²) in [5, 5.41) is 4.54. The Kier molecular flexibility index (Phi) is 4.67. The van der Waals surface area contributed by atoms with Gasteiger partial charge in [-0.3, -0.25) is 9.69 Å². The van der Waals surface area contributed by atoms with Crippen LogP contribution in [0.25, 0.3) is 10.1 Å². The molecule has 1 N–H and O–H groups in total. The quantitative estimate of drug-likeness (QED) is 0.864. The molecule has 1 atom stereocenters. The summed E-state index contributed by atoms with van der Waals surface area (Å²) in [4.78, 5) is 16.2. The highest BCUT2D eigenvalue weighted by atomic mass is 35.5. The van der Waals surface area contributed by atoms with E-state index in [2.05, 4.69) is 49.2 Å². The summed E-state index contributed by atoms with van der Waals surface area (Å²) in [7, 11) is 0. The SMILES string of the molecule is Cc1cccc2cc(C(=O)N[C@@H]3C4CCN(CC4)C3(C)C)sc12.Cl. The summed E-state index contributed by atoms with van der Waals surface area (Å²) < 4.78 is 1.23. The lowest BCUT2D eigenvalue weighted by Crippen LogP contribution is -2.69. The third kappa shape index (κ3) is 2.75. The second kappa shape index (κ2) is 6.32. The molecule has 3 nitrogen and oxygen atoms in total. The Morgan fingerprint density at radius 1 is 1.29 bits per heavy atom. The van der Waals surface area contributed by atoms with Gasteiger partial charge in [-0.15, -0.1) is 23.7 Å². The van der Waals surface area contributed by atoms with Crippen LogP contribution in [-0.4, -0.2) is 35.5 Å². The van der Waals surface area contributed by atoms with Crippen molar-refractivity contribution in [2.75, 3.05) is 13.1 Å². The maximum Gasteiger partial charge on any atom is 0.261 e. The molecule has 5 heteroatoms. The van der Waals surface area contributed by atoms with Gasteiger partial charge in [-0.1, -0.05) is 18.2 Å². The molecule has 3 aliphatic rings. The second-order valence-corrected chi connectivity index (χ2v) is 8.59. The number of benzene rings is 1. The zero-order valence-electron chi connectivity index (χ0n) is 14.5. The smallest absolute Gasteiger partial charge is 0.261 e. The summed E-state index contributed by atoms with van der Waals surface area (Å²) in [6.45, 7) is 9.01. The van der Waals surface area contributed by atoms with Crippen LogP contribution < -0.4 is 5.32 Å². The number of thiophene rings is 1. The molecule has 4 heterocycles. The van der Waals surface area contributed by atoms with Gasteiger partial charge >= 0.3 is 0 Å². The molecule has 0 aliphatic carbocycles. The Morgan fingerprint density at radius 2 is 2.00 bits per heavy atom. The van der Waals surface area contributed by atoms with E-state index >= 15 is 0 Å². The van der Waals surface area contributed by atoms with Crippen LogP contribution in [0.1, 0.15) is 41.9 Å². The number of aryl methyl sites for hydroxylation is 1. The van der Waals surface area contributed by atoms with Gasteiger partial charge in [-0.05, 0) is 69.6 Å². The van der Waals surface area contributed by atoms with Gasteiger partial charge in [0.15, 0.2) is 0 Å². The highest BCUT2D eigenvalue weighted by Crippen LogP contribution is 2.39. The van der Waals surface area contributed by atoms with E-state index in [1.807, 2.05) is 6.07 Å². The van der Waals surface area contributed by atoms with Crippen LogP contribution in [0.5, 0.6) is 0 Å². The average Bonchev–Trinajstić information content (AvgIpc) is 2.97. The van der Waals surface area contributed by atoms with Gasteiger partial charge in [0.25, 0.3) is 5.91 Å². The fraction of sp³-hybridized carbons (Fsp3) is 0.526. The van der Waals surface area contributed by atoms with E-state index in [1.54, 1.807) is 11.3 Å². The molecule has 5 rings (SSSR count). The van der Waals surface area contributed by atoms with Crippen molar-refractivity contribution in [3.05, 3.63) is 34.7 Å². The van der Waals surface area contributed by atoms with Gasteiger partial charge in [0, 0.05) is 16.3 Å². The van der Waals surface area contributed by atoms with Crippen molar-refractivity contribution in [2.24, 2.45) is 5.92 Å². The van der Waals surface area contributed by atoms with Gasteiger partial charge in [-0.25, -0.2) is 0 Å². The van der Waals surface area contributed by atoms with Crippen molar-refractivity contribution in [2.45, 2.75) is 45.2 Å². The Balaban J connectivity index is 0.00000169. The first-order valence-corrected chi connectivity index (χ1v) is 9.33. The van der Waals surface area contributed by atoms with Gasteiger partial charge in [0.1, 0.15) is 0 Å². The normalized spacial score (nSPS) is 27.7. The van der Waals surface area contributed by atoms with Crippen LogP contribution in [0.15, 0.2) is 24.3 Å². The number of hydrogen-bond donors (Lipinski definition) is 1. The molecule has 2 aromatic rings. The molecule has 1 aromatic carbocycles. The molecular formula is C19H25ClN2OS. The number of nitrogens with one attached hydrogen (secondary N) is 1. The molecule has 2 bridgehead atoms. The fourth-order valence-electron chi connectivity index (χ4n) is 4.41. The number of carbonyl (C=O) groups is 1. The number of rotatable bonds is 2. The Hall–Kier alpha value is -1.10. The largest absolute Gasteiger partial charge is 0.346 e. The summed E-state index contributed by atoms with van der Waals surface area (Å²) in [5.41, 5.74) is 1.30. The monoisotopic (exact) mass is 364 g/mol. The lowest BCUT2D eigenvalue weighted by Gasteiger charge is -2.56. The summed E-state index contributed by atoms with van der Waals surface area (Å²) in [5.74, 6) is 0.715. The van der Waals surface area contributed by atoms with Crippen LogP contribution in [0.3, 0.4) is 0 Å². The van der Waals surface area contributed by atoms with Crippen molar-refractivity contribution >= 4 is 39.7 Å². The summed E-state index contributed by atoms with van der Waals surface area (Å²) >= 11 is 1.62. The van der Waals surface area contributed by atoms with E-state index in [0.29, 0.717) is 5.92 Å². The molecular weight excluding hydrogens is 340 g/mol. The molecule has 0 unspecified atom stereocenters. The minimum Gasteiger partial charge on any atom is -0.346 e. The van der Waals surface area contributed by atoms with Crippen LogP contribution in [0.2, 0.25) is 0 Å². The van der Waals surface area contributed by atoms with Gasteiger partial charge in [0.05, 0.1) is 4.88 Å². The predicted octanol–water partition coefficient (Wildman–Crippen LogP) is 4.23. The van der Waals surface area contributed by atoms with Crippen LogP contribution >= 0.6 is 23.7 Å². The maximum absolute atomic E-state index is 12.8. The number of fused-ring (bicyclic) bond motifs is 4. The number of nitrogens with zero attached hydrogens (tertiary/aromatic N) is 1. The predicted molar refractivity (Wildman–Crippen MR) is 103 cm³/mol. The highest BCUT2D eigenvalue weighted by molar-refractivity contribution is 7.21. The number of halogens is 1. The zero-order chi connectivity index (χ0) is 16.2. The van der Waals surface area contributed by atoms with E-state index in [1.165, 1.54) is 41.6 Å². The average molecular weight is 365 g/mol. The summed E-state index contributed by atoms with van der Waals surface area (Å²) in [6, 6.07) is 8.55. The van der Waals surface area contributed by atoms with E-state index < -0.39 is 0 Å². The minimum absolute atomic E-state index is 0. The standard InChI is InChI=1S/C19H24N2OS.ClH/c1-12-5-4-6-14-11-15(23-16(12)14)18(22)20-17-13-7-9-21(10-8-13)19(17,2)3;/h4-6,11,13,17H,7-10H2,1-3H3,(H,20,22);1H/t17-;/m1./s1. The molecule has 3 aliphatic heterocycles. The Bertz CT molecular complexity index is 762. The number of carbonyl (C=O) groups excluding carboxylic acids is 1. The molecule has 0 saturated carbocycles. The van der Waals surface area contributed by atoms with Crippen molar-refractivity contribution < 1.29 is 4.79 Å². The molecule has 130 valence electrons. The van der Waals surface area contributed by atoms with Gasteiger partial charge in [0.2, 0.25) is 0 Å².